The molecule has 0 radical (unpaired) electrons. The zero-order chi connectivity index (χ0) is 21.4. The second kappa shape index (κ2) is 8.20. The average molecular weight is 439 g/mol. The van der Waals surface area contributed by atoms with E-state index in [2.05, 4.69) is 0 Å². The molecule has 0 N–H and O–H groups in total. The number of rotatable bonds is 6. The summed E-state index contributed by atoms with van der Waals surface area (Å²) in [5.41, 5.74) is 1.34. The molecule has 2 aromatic heterocycles. The number of amides is 1. The number of carbonyl (C=O) groups excluding carboxylic acids is 1. The van der Waals surface area contributed by atoms with E-state index in [1.165, 1.54) is 11.3 Å². The van der Waals surface area contributed by atoms with Crippen LogP contribution >= 0.6 is 11.3 Å². The van der Waals surface area contributed by atoms with Gasteiger partial charge >= 0.3 is 0 Å². The van der Waals surface area contributed by atoms with Gasteiger partial charge in [0.05, 0.1) is 26.9 Å². The molecule has 1 atom stereocenters. The van der Waals surface area contributed by atoms with E-state index in [1.54, 1.807) is 25.2 Å². The SMILES string of the molecule is COc1ccc(OC)c2sc(N(C[C@@H]3CCCO3)C(=O)c3cc4ccccc4o3)nc12. The zero-order valence-electron chi connectivity index (χ0n) is 17.3. The highest BCUT2D eigenvalue weighted by Gasteiger charge is 2.30. The summed E-state index contributed by atoms with van der Waals surface area (Å²) in [4.78, 5) is 20.0. The van der Waals surface area contributed by atoms with E-state index in [9.17, 15) is 4.79 Å². The molecular weight excluding hydrogens is 416 g/mol. The topological polar surface area (TPSA) is 74.0 Å². The third-order valence-electron chi connectivity index (χ3n) is 5.42. The van der Waals surface area contributed by atoms with Crippen LogP contribution in [-0.2, 0) is 4.74 Å². The molecule has 5 rings (SSSR count). The molecular formula is C23H22N2O5S. The van der Waals surface area contributed by atoms with Crippen LogP contribution in [0.15, 0.2) is 46.9 Å². The van der Waals surface area contributed by atoms with Crippen molar-refractivity contribution in [3.63, 3.8) is 0 Å². The largest absolute Gasteiger partial charge is 0.495 e. The summed E-state index contributed by atoms with van der Waals surface area (Å²) in [6.45, 7) is 1.11. The quantitative estimate of drug-likeness (QED) is 0.427. The first-order valence-electron chi connectivity index (χ1n) is 10.1. The van der Waals surface area contributed by atoms with Crippen LogP contribution < -0.4 is 14.4 Å². The maximum Gasteiger partial charge on any atom is 0.295 e. The summed E-state index contributed by atoms with van der Waals surface area (Å²) in [5, 5.41) is 1.44. The summed E-state index contributed by atoms with van der Waals surface area (Å²) in [6, 6.07) is 13.0. The van der Waals surface area contributed by atoms with E-state index in [1.807, 2.05) is 36.4 Å². The van der Waals surface area contributed by atoms with E-state index < -0.39 is 0 Å². The Kier molecular flexibility index (Phi) is 5.25. The molecule has 31 heavy (non-hydrogen) atoms. The van der Waals surface area contributed by atoms with Crippen LogP contribution in [0.1, 0.15) is 23.4 Å². The van der Waals surface area contributed by atoms with Gasteiger partial charge in [-0.25, -0.2) is 4.98 Å². The maximum atomic E-state index is 13.6. The van der Waals surface area contributed by atoms with Crippen molar-refractivity contribution in [2.45, 2.75) is 18.9 Å². The van der Waals surface area contributed by atoms with Crippen LogP contribution in [0.5, 0.6) is 11.5 Å². The van der Waals surface area contributed by atoms with Gasteiger partial charge in [0.25, 0.3) is 5.91 Å². The van der Waals surface area contributed by atoms with Gasteiger partial charge in [0, 0.05) is 12.0 Å². The molecule has 0 aliphatic carbocycles. The highest BCUT2D eigenvalue weighted by Crippen LogP contribution is 2.40. The first-order chi connectivity index (χ1) is 15.2. The number of furan rings is 1. The Bertz CT molecular complexity index is 1170. The summed E-state index contributed by atoms with van der Waals surface area (Å²) in [5.74, 6) is 1.35. The van der Waals surface area contributed by atoms with Gasteiger partial charge in [-0.3, -0.25) is 9.69 Å². The van der Waals surface area contributed by atoms with Gasteiger partial charge in [-0.05, 0) is 37.1 Å². The van der Waals surface area contributed by atoms with Crippen molar-refractivity contribution in [1.29, 1.82) is 0 Å². The fraction of sp³-hybridized carbons (Fsp3) is 0.304. The monoisotopic (exact) mass is 438 g/mol. The highest BCUT2D eigenvalue weighted by atomic mass is 32.1. The molecule has 1 aliphatic rings. The van der Waals surface area contributed by atoms with Gasteiger partial charge in [0.2, 0.25) is 0 Å². The van der Waals surface area contributed by atoms with E-state index in [0.29, 0.717) is 40.9 Å². The minimum absolute atomic E-state index is 0.0378. The Balaban J connectivity index is 1.59. The van der Waals surface area contributed by atoms with E-state index in [4.69, 9.17) is 23.6 Å². The number of hydrogen-bond donors (Lipinski definition) is 0. The molecule has 1 aliphatic heterocycles. The lowest BCUT2D eigenvalue weighted by Gasteiger charge is -2.22. The molecule has 1 amide bonds. The number of benzene rings is 2. The molecule has 0 unspecified atom stereocenters. The number of fused-ring (bicyclic) bond motifs is 2. The molecule has 8 heteroatoms. The van der Waals surface area contributed by atoms with Crippen molar-refractivity contribution >= 4 is 43.6 Å². The zero-order valence-corrected chi connectivity index (χ0v) is 18.1. The van der Waals surface area contributed by atoms with E-state index in [0.717, 1.165) is 22.9 Å². The Hall–Kier alpha value is -3.10. The molecule has 0 spiro atoms. The molecule has 4 aromatic rings. The van der Waals surface area contributed by atoms with Crippen LogP contribution in [0, 0.1) is 0 Å². The first-order valence-corrected chi connectivity index (χ1v) is 10.9. The predicted octanol–water partition coefficient (Wildman–Crippen LogP) is 4.89. The molecule has 0 bridgehead atoms. The molecule has 160 valence electrons. The summed E-state index contributed by atoms with van der Waals surface area (Å²) in [7, 11) is 3.22. The number of aromatic nitrogens is 1. The average Bonchev–Trinajstić information content (AvgIpc) is 3.55. The summed E-state index contributed by atoms with van der Waals surface area (Å²) >= 11 is 1.39. The van der Waals surface area contributed by atoms with Gasteiger partial charge in [-0.2, -0.15) is 0 Å². The lowest BCUT2D eigenvalue weighted by Crippen LogP contribution is -2.37. The Morgan fingerprint density at radius 1 is 1.19 bits per heavy atom. The number of ether oxygens (including phenoxy) is 3. The lowest BCUT2D eigenvalue weighted by atomic mass is 10.2. The van der Waals surface area contributed by atoms with Crippen LogP contribution in [-0.4, -0.2) is 44.4 Å². The van der Waals surface area contributed by atoms with Gasteiger partial charge in [0.1, 0.15) is 27.3 Å². The number of anilines is 1. The Morgan fingerprint density at radius 3 is 2.74 bits per heavy atom. The fourth-order valence-electron chi connectivity index (χ4n) is 3.85. The first kappa shape index (κ1) is 19.8. The van der Waals surface area contributed by atoms with E-state index in [-0.39, 0.29) is 17.8 Å². The van der Waals surface area contributed by atoms with Gasteiger partial charge in [-0.1, -0.05) is 29.5 Å². The summed E-state index contributed by atoms with van der Waals surface area (Å²) in [6.07, 6.45) is 1.85. The number of thiazole rings is 1. The minimum Gasteiger partial charge on any atom is -0.495 e. The van der Waals surface area contributed by atoms with Crippen molar-refractivity contribution in [3.8, 4) is 11.5 Å². The number of carbonyl (C=O) groups is 1. The molecule has 1 fully saturated rings. The lowest BCUT2D eigenvalue weighted by molar-refractivity contribution is 0.0896. The third kappa shape index (κ3) is 3.62. The van der Waals surface area contributed by atoms with Crippen molar-refractivity contribution in [2.24, 2.45) is 0 Å². The van der Waals surface area contributed by atoms with E-state index >= 15 is 0 Å². The number of para-hydroxylation sites is 1. The second-order valence-electron chi connectivity index (χ2n) is 7.34. The maximum absolute atomic E-state index is 13.6. The van der Waals surface area contributed by atoms with Crippen molar-refractivity contribution in [1.82, 2.24) is 4.98 Å². The van der Waals surface area contributed by atoms with Gasteiger partial charge in [-0.15, -0.1) is 0 Å². The van der Waals surface area contributed by atoms with Crippen molar-refractivity contribution in [3.05, 3.63) is 48.2 Å². The molecule has 7 nitrogen and oxygen atoms in total. The second-order valence-corrected chi connectivity index (χ2v) is 8.32. The van der Waals surface area contributed by atoms with Crippen LogP contribution in [0.4, 0.5) is 5.13 Å². The molecule has 0 saturated carbocycles. The summed E-state index contributed by atoms with van der Waals surface area (Å²) < 4.78 is 23.5. The standard InChI is InChI=1S/C23H22N2O5S/c1-27-17-9-10-18(28-2)21-20(17)24-23(31-21)25(13-15-7-5-11-29-15)22(26)19-12-14-6-3-4-8-16(14)30-19/h3-4,6,8-10,12,15H,5,7,11,13H2,1-2H3/t15-/m0/s1. The molecule has 1 saturated heterocycles. The Labute approximate surface area is 183 Å². The number of hydrogen-bond acceptors (Lipinski definition) is 7. The fourth-order valence-corrected chi connectivity index (χ4v) is 4.93. The minimum atomic E-state index is -0.247. The van der Waals surface area contributed by atoms with Crippen molar-refractivity contribution < 1.29 is 23.4 Å². The molecule has 3 heterocycles. The number of methoxy groups -OCH3 is 2. The molecule has 2 aromatic carbocycles. The third-order valence-corrected chi connectivity index (χ3v) is 6.51. The van der Waals surface area contributed by atoms with Gasteiger partial charge in [0.15, 0.2) is 10.9 Å². The van der Waals surface area contributed by atoms with Crippen LogP contribution in [0.2, 0.25) is 0 Å². The van der Waals surface area contributed by atoms with Gasteiger partial charge < -0.3 is 18.6 Å². The number of nitrogens with zero attached hydrogens (tertiary/aromatic N) is 2. The Morgan fingerprint density at radius 2 is 2.00 bits per heavy atom. The smallest absolute Gasteiger partial charge is 0.295 e. The predicted molar refractivity (Wildman–Crippen MR) is 120 cm³/mol. The van der Waals surface area contributed by atoms with Crippen LogP contribution in [0.3, 0.4) is 0 Å². The van der Waals surface area contributed by atoms with Crippen molar-refractivity contribution in [2.75, 3.05) is 32.3 Å². The van der Waals surface area contributed by atoms with Crippen LogP contribution in [0.25, 0.3) is 21.2 Å². The highest BCUT2D eigenvalue weighted by molar-refractivity contribution is 7.22. The normalized spacial score (nSPS) is 16.1.